The number of nitrogens with one attached hydrogen (secondary N) is 1. The molecule has 6 heteroatoms. The predicted octanol–water partition coefficient (Wildman–Crippen LogP) is 4.21. The van der Waals surface area contributed by atoms with Crippen LogP contribution < -0.4 is 5.32 Å². The quantitative estimate of drug-likeness (QED) is 0.724. The van der Waals surface area contributed by atoms with E-state index in [1.807, 2.05) is 18.2 Å². The number of nitrogens with zero attached hydrogens (tertiary/aromatic N) is 3. The fourth-order valence-electron chi connectivity index (χ4n) is 3.65. The molecule has 0 bridgehead atoms. The molecule has 1 fully saturated rings. The number of benzene rings is 1. The number of rotatable bonds is 7. The minimum absolute atomic E-state index is 0.112. The predicted molar refractivity (Wildman–Crippen MR) is 110 cm³/mol. The van der Waals surface area contributed by atoms with E-state index in [1.54, 1.807) is 0 Å². The van der Waals surface area contributed by atoms with Gasteiger partial charge < -0.3 is 9.88 Å². The topological polar surface area (TPSA) is 59.8 Å². The summed E-state index contributed by atoms with van der Waals surface area (Å²) < 4.78 is 2.11. The highest BCUT2D eigenvalue weighted by Gasteiger charge is 2.16. The maximum Gasteiger partial charge on any atom is 0.230 e. The van der Waals surface area contributed by atoms with Crippen molar-refractivity contribution < 1.29 is 4.79 Å². The van der Waals surface area contributed by atoms with Gasteiger partial charge in [0.2, 0.25) is 5.91 Å². The van der Waals surface area contributed by atoms with E-state index in [1.165, 1.54) is 49.4 Å². The first kappa shape index (κ1) is 19.9. The van der Waals surface area contributed by atoms with Crippen molar-refractivity contribution >= 4 is 17.7 Å². The van der Waals surface area contributed by atoms with E-state index in [4.69, 9.17) is 0 Å². The fourth-order valence-corrected chi connectivity index (χ4v) is 4.48. The van der Waals surface area contributed by atoms with Gasteiger partial charge >= 0.3 is 0 Å². The molecule has 1 amide bonds. The molecular formula is C21H30N4OS. The Balaban J connectivity index is 1.53. The van der Waals surface area contributed by atoms with E-state index in [0.717, 1.165) is 36.8 Å². The van der Waals surface area contributed by atoms with E-state index in [2.05, 4.69) is 39.1 Å². The maximum absolute atomic E-state index is 12.4. The van der Waals surface area contributed by atoms with Crippen molar-refractivity contribution in [2.24, 2.45) is 0 Å². The number of aromatic nitrogens is 3. The van der Waals surface area contributed by atoms with Crippen molar-refractivity contribution in [3.8, 4) is 0 Å². The van der Waals surface area contributed by atoms with Crippen LogP contribution in [0, 0.1) is 0 Å². The molecule has 0 spiro atoms. The maximum atomic E-state index is 12.4. The smallest absolute Gasteiger partial charge is 0.230 e. The standard InChI is InChI=1S/C21H30N4OS/c1-2-25-19(15-17-11-7-6-8-12-17)23-24-21(25)27-16-20(26)22-18-13-9-4-3-5-10-14-18/h6-8,11-12,18H,2-5,9-10,13-16H2,1H3,(H,22,26). The lowest BCUT2D eigenvalue weighted by Gasteiger charge is -2.20. The molecular weight excluding hydrogens is 356 g/mol. The van der Waals surface area contributed by atoms with Gasteiger partial charge in [-0.3, -0.25) is 4.79 Å². The Morgan fingerprint density at radius 1 is 1.11 bits per heavy atom. The SMILES string of the molecule is CCn1c(Cc2ccccc2)nnc1SCC(=O)NC1CCCCCCC1. The van der Waals surface area contributed by atoms with Crippen LogP contribution in [0.4, 0.5) is 0 Å². The summed E-state index contributed by atoms with van der Waals surface area (Å²) in [6.07, 6.45) is 9.38. The average molecular weight is 387 g/mol. The van der Waals surface area contributed by atoms with E-state index in [-0.39, 0.29) is 5.91 Å². The van der Waals surface area contributed by atoms with Crippen LogP contribution in [0.1, 0.15) is 63.3 Å². The van der Waals surface area contributed by atoms with Crippen molar-refractivity contribution in [3.63, 3.8) is 0 Å². The lowest BCUT2D eigenvalue weighted by atomic mass is 9.97. The molecule has 27 heavy (non-hydrogen) atoms. The fraction of sp³-hybridized carbons (Fsp3) is 0.571. The summed E-state index contributed by atoms with van der Waals surface area (Å²) in [6.45, 7) is 2.90. The van der Waals surface area contributed by atoms with Gasteiger partial charge in [0.1, 0.15) is 5.82 Å². The monoisotopic (exact) mass is 386 g/mol. The van der Waals surface area contributed by atoms with E-state index in [0.29, 0.717) is 11.8 Å². The third-order valence-electron chi connectivity index (χ3n) is 5.12. The lowest BCUT2D eigenvalue weighted by Crippen LogP contribution is -2.36. The van der Waals surface area contributed by atoms with Gasteiger partial charge in [-0.25, -0.2) is 0 Å². The third-order valence-corrected chi connectivity index (χ3v) is 6.08. The first-order valence-electron chi connectivity index (χ1n) is 10.1. The highest BCUT2D eigenvalue weighted by Crippen LogP contribution is 2.20. The summed E-state index contributed by atoms with van der Waals surface area (Å²) in [5.74, 6) is 1.47. The zero-order valence-electron chi connectivity index (χ0n) is 16.2. The minimum atomic E-state index is 0.112. The molecule has 0 radical (unpaired) electrons. The zero-order chi connectivity index (χ0) is 18.9. The van der Waals surface area contributed by atoms with Gasteiger partial charge in [-0.2, -0.15) is 0 Å². The van der Waals surface area contributed by atoms with Gasteiger partial charge in [-0.15, -0.1) is 10.2 Å². The largest absolute Gasteiger partial charge is 0.353 e. The normalized spacial score (nSPS) is 15.9. The molecule has 5 nitrogen and oxygen atoms in total. The van der Waals surface area contributed by atoms with Gasteiger partial charge in [0.05, 0.1) is 5.75 Å². The van der Waals surface area contributed by atoms with Crippen LogP contribution in [-0.4, -0.2) is 32.5 Å². The Kier molecular flexibility index (Phi) is 7.75. The molecule has 0 saturated heterocycles. The summed E-state index contributed by atoms with van der Waals surface area (Å²) in [6, 6.07) is 10.6. The number of amides is 1. The van der Waals surface area contributed by atoms with Crippen molar-refractivity contribution in [2.75, 3.05) is 5.75 Å². The van der Waals surface area contributed by atoms with Gasteiger partial charge in [0, 0.05) is 19.0 Å². The van der Waals surface area contributed by atoms with Crippen LogP contribution in [0.2, 0.25) is 0 Å². The molecule has 0 aliphatic heterocycles. The first-order valence-corrected chi connectivity index (χ1v) is 11.1. The Hall–Kier alpha value is -1.82. The molecule has 0 unspecified atom stereocenters. The number of hydrogen-bond donors (Lipinski definition) is 1. The summed E-state index contributed by atoms with van der Waals surface area (Å²) in [4.78, 5) is 12.4. The number of thioether (sulfide) groups is 1. The number of carbonyl (C=O) groups is 1. The average Bonchev–Trinajstić information content (AvgIpc) is 3.04. The van der Waals surface area contributed by atoms with Gasteiger partial charge in [0.15, 0.2) is 5.16 Å². The van der Waals surface area contributed by atoms with Gasteiger partial charge in [0.25, 0.3) is 0 Å². The summed E-state index contributed by atoms with van der Waals surface area (Å²) in [5, 5.41) is 12.7. The lowest BCUT2D eigenvalue weighted by molar-refractivity contribution is -0.119. The minimum Gasteiger partial charge on any atom is -0.353 e. The van der Waals surface area contributed by atoms with Crippen LogP contribution in [0.15, 0.2) is 35.5 Å². The Morgan fingerprint density at radius 3 is 2.52 bits per heavy atom. The summed E-state index contributed by atoms with van der Waals surface area (Å²) in [5.41, 5.74) is 1.22. The van der Waals surface area contributed by atoms with Crippen LogP contribution in [-0.2, 0) is 17.8 Å². The van der Waals surface area contributed by atoms with E-state index in [9.17, 15) is 4.79 Å². The second-order valence-corrected chi connectivity index (χ2v) is 8.15. The zero-order valence-corrected chi connectivity index (χ0v) is 17.0. The van der Waals surface area contributed by atoms with Crippen molar-refractivity contribution in [2.45, 2.75) is 76.0 Å². The Morgan fingerprint density at radius 2 is 1.81 bits per heavy atom. The molecule has 3 rings (SSSR count). The van der Waals surface area contributed by atoms with Crippen LogP contribution in [0.25, 0.3) is 0 Å². The highest BCUT2D eigenvalue weighted by molar-refractivity contribution is 7.99. The second kappa shape index (κ2) is 10.5. The molecule has 1 saturated carbocycles. The number of carbonyl (C=O) groups excluding carboxylic acids is 1. The molecule has 1 aliphatic carbocycles. The van der Waals surface area contributed by atoms with Crippen molar-refractivity contribution in [1.82, 2.24) is 20.1 Å². The van der Waals surface area contributed by atoms with Crippen LogP contribution in [0.5, 0.6) is 0 Å². The molecule has 2 aromatic rings. The third kappa shape index (κ3) is 6.09. The van der Waals surface area contributed by atoms with Crippen LogP contribution in [0.3, 0.4) is 0 Å². The van der Waals surface area contributed by atoms with Crippen molar-refractivity contribution in [3.05, 3.63) is 41.7 Å². The summed E-state index contributed by atoms with van der Waals surface area (Å²) in [7, 11) is 0. The van der Waals surface area contributed by atoms with Crippen LogP contribution >= 0.6 is 11.8 Å². The summed E-state index contributed by atoms with van der Waals surface area (Å²) >= 11 is 1.49. The van der Waals surface area contributed by atoms with Gasteiger partial charge in [-0.05, 0) is 25.3 Å². The van der Waals surface area contributed by atoms with E-state index < -0.39 is 0 Å². The Bertz CT molecular complexity index is 708. The number of hydrogen-bond acceptors (Lipinski definition) is 4. The molecule has 1 aromatic heterocycles. The first-order chi connectivity index (χ1) is 13.3. The highest BCUT2D eigenvalue weighted by atomic mass is 32.2. The van der Waals surface area contributed by atoms with E-state index >= 15 is 0 Å². The molecule has 1 aliphatic rings. The molecule has 1 heterocycles. The molecule has 1 N–H and O–H groups in total. The van der Waals surface area contributed by atoms with Gasteiger partial charge in [-0.1, -0.05) is 74.2 Å². The second-order valence-electron chi connectivity index (χ2n) is 7.20. The molecule has 0 atom stereocenters. The molecule has 1 aromatic carbocycles. The Labute approximate surface area is 166 Å². The molecule has 146 valence electrons. The van der Waals surface area contributed by atoms with Crippen molar-refractivity contribution in [1.29, 1.82) is 0 Å².